The van der Waals surface area contributed by atoms with Crippen LogP contribution in [0.5, 0.6) is 0 Å². The third-order valence-electron chi connectivity index (χ3n) is 4.85. The van der Waals surface area contributed by atoms with Crippen molar-refractivity contribution in [2.75, 3.05) is 6.61 Å². The largest absolute Gasteiger partial charge is 0.396 e. The predicted molar refractivity (Wildman–Crippen MR) is 94.2 cm³/mol. The Balaban J connectivity index is 3.86. The Labute approximate surface area is 137 Å². The summed E-state index contributed by atoms with van der Waals surface area (Å²) in [6, 6.07) is 0. The van der Waals surface area contributed by atoms with Gasteiger partial charge in [0, 0.05) is 5.41 Å². The van der Waals surface area contributed by atoms with E-state index in [1.165, 1.54) is 51.4 Å². The highest BCUT2D eigenvalue weighted by atomic mass is 16.3. The number of aliphatic hydroxyl groups is 2. The molecule has 132 valence electrons. The van der Waals surface area contributed by atoms with Crippen LogP contribution in [0.3, 0.4) is 0 Å². The Morgan fingerprint density at radius 3 is 1.68 bits per heavy atom. The Morgan fingerprint density at radius 1 is 0.909 bits per heavy atom. The summed E-state index contributed by atoms with van der Waals surface area (Å²) in [7, 11) is 0. The molecule has 0 amide bonds. The van der Waals surface area contributed by atoms with Crippen molar-refractivity contribution in [2.45, 2.75) is 97.0 Å². The highest BCUT2D eigenvalue weighted by molar-refractivity contribution is 5.86. The first kappa shape index (κ1) is 21.4. The zero-order chi connectivity index (χ0) is 17.1. The molecule has 1 atom stereocenters. The van der Waals surface area contributed by atoms with Crippen molar-refractivity contribution in [3.05, 3.63) is 0 Å². The molecular weight excluding hydrogens is 276 g/mol. The second-order valence-electron chi connectivity index (χ2n) is 7.25. The third-order valence-corrected chi connectivity index (χ3v) is 4.85. The smallest absolute Gasteiger partial charge is 0.128 e. The molecule has 0 saturated heterocycles. The molecule has 0 aliphatic heterocycles. The molecule has 0 saturated carbocycles. The summed E-state index contributed by atoms with van der Waals surface area (Å²) in [5.41, 5.74) is 3.39. The van der Waals surface area contributed by atoms with Crippen LogP contribution in [0.2, 0.25) is 0 Å². The van der Waals surface area contributed by atoms with Crippen LogP contribution in [-0.2, 0) is 0 Å². The maximum absolute atomic E-state index is 10.6. The van der Waals surface area contributed by atoms with E-state index in [9.17, 15) is 10.2 Å². The number of amidine groups is 1. The van der Waals surface area contributed by atoms with Gasteiger partial charge in [0.1, 0.15) is 11.4 Å². The summed E-state index contributed by atoms with van der Waals surface area (Å²) in [5.74, 6) is -0.234. The molecule has 4 heteroatoms. The van der Waals surface area contributed by atoms with Gasteiger partial charge in [-0.15, -0.1) is 0 Å². The summed E-state index contributed by atoms with van der Waals surface area (Å²) >= 11 is 0. The number of nitrogens with one attached hydrogen (secondary N) is 1. The molecule has 22 heavy (non-hydrogen) atoms. The van der Waals surface area contributed by atoms with Gasteiger partial charge < -0.3 is 15.9 Å². The Morgan fingerprint density at radius 2 is 1.32 bits per heavy atom. The van der Waals surface area contributed by atoms with Crippen molar-refractivity contribution < 1.29 is 10.2 Å². The first-order chi connectivity index (χ1) is 10.3. The fraction of sp³-hybridized carbons (Fsp3) is 0.944. The average Bonchev–Trinajstić information content (AvgIpc) is 2.48. The maximum Gasteiger partial charge on any atom is 0.128 e. The fourth-order valence-corrected chi connectivity index (χ4v) is 2.84. The lowest BCUT2D eigenvalue weighted by atomic mass is 9.71. The van der Waals surface area contributed by atoms with E-state index in [0.717, 1.165) is 12.8 Å². The van der Waals surface area contributed by atoms with E-state index in [1.54, 1.807) is 13.8 Å². The van der Waals surface area contributed by atoms with Gasteiger partial charge in [0.2, 0.25) is 0 Å². The van der Waals surface area contributed by atoms with E-state index in [2.05, 4.69) is 6.92 Å². The number of aliphatic hydroxyl groups excluding tert-OH is 1. The van der Waals surface area contributed by atoms with Crippen molar-refractivity contribution in [3.63, 3.8) is 0 Å². The number of hydrogen-bond donors (Lipinski definition) is 4. The summed E-state index contributed by atoms with van der Waals surface area (Å²) < 4.78 is 0. The minimum absolute atomic E-state index is 0.180. The molecule has 1 unspecified atom stereocenters. The van der Waals surface area contributed by atoms with Gasteiger partial charge in [-0.3, -0.25) is 5.41 Å². The monoisotopic (exact) mass is 314 g/mol. The molecule has 0 aliphatic carbocycles. The number of rotatable bonds is 14. The van der Waals surface area contributed by atoms with E-state index in [1.807, 2.05) is 0 Å². The highest BCUT2D eigenvalue weighted by Gasteiger charge is 2.45. The molecule has 0 aromatic rings. The molecule has 5 N–H and O–H groups in total. The standard InChI is InChI=1S/C18H38N2O2/c1-4-5-6-7-8-9-10-11-12-13-14-18(22,16(19)20)17(2,3)15-21/h21-22H,4-15H2,1-3H3,(H3,19,20). The molecule has 0 spiro atoms. The van der Waals surface area contributed by atoms with Crippen LogP contribution in [0.15, 0.2) is 0 Å². The highest BCUT2D eigenvalue weighted by Crippen LogP contribution is 2.35. The van der Waals surface area contributed by atoms with Crippen molar-refractivity contribution in [3.8, 4) is 0 Å². The first-order valence-corrected chi connectivity index (χ1v) is 8.99. The van der Waals surface area contributed by atoms with Crippen LogP contribution < -0.4 is 5.73 Å². The zero-order valence-corrected chi connectivity index (χ0v) is 15.0. The summed E-state index contributed by atoms with van der Waals surface area (Å²) in [6.07, 6.45) is 12.7. The van der Waals surface area contributed by atoms with Crippen LogP contribution in [0.1, 0.15) is 91.4 Å². The van der Waals surface area contributed by atoms with E-state index in [0.29, 0.717) is 6.42 Å². The minimum Gasteiger partial charge on any atom is -0.396 e. The number of hydrogen-bond acceptors (Lipinski definition) is 3. The third kappa shape index (κ3) is 7.10. The molecule has 0 aliphatic rings. The summed E-state index contributed by atoms with van der Waals surface area (Å²) in [4.78, 5) is 0. The molecule has 0 aromatic heterocycles. The average molecular weight is 315 g/mol. The van der Waals surface area contributed by atoms with Crippen molar-refractivity contribution in [1.82, 2.24) is 0 Å². The predicted octanol–water partition coefficient (Wildman–Crippen LogP) is 3.98. The van der Waals surface area contributed by atoms with E-state index < -0.39 is 11.0 Å². The molecular formula is C18H38N2O2. The molecule has 4 nitrogen and oxygen atoms in total. The van der Waals surface area contributed by atoms with E-state index in [4.69, 9.17) is 11.1 Å². The lowest BCUT2D eigenvalue weighted by Gasteiger charge is -2.40. The van der Waals surface area contributed by atoms with Crippen LogP contribution in [0, 0.1) is 10.8 Å². The van der Waals surface area contributed by atoms with Gasteiger partial charge in [-0.1, -0.05) is 85.0 Å². The second kappa shape index (κ2) is 11.0. The van der Waals surface area contributed by atoms with Crippen molar-refractivity contribution in [1.29, 1.82) is 5.41 Å². The molecule has 0 fully saturated rings. The van der Waals surface area contributed by atoms with Gasteiger partial charge in [0.15, 0.2) is 0 Å². The van der Waals surface area contributed by atoms with Crippen LogP contribution in [-0.4, -0.2) is 28.3 Å². The molecule has 0 radical (unpaired) electrons. The van der Waals surface area contributed by atoms with Gasteiger partial charge in [0.25, 0.3) is 0 Å². The quantitative estimate of drug-likeness (QED) is 0.222. The van der Waals surface area contributed by atoms with Gasteiger partial charge in [-0.25, -0.2) is 0 Å². The van der Waals surface area contributed by atoms with Crippen LogP contribution >= 0.6 is 0 Å². The summed E-state index contributed by atoms with van der Waals surface area (Å²) in [6.45, 7) is 5.57. The number of nitrogens with two attached hydrogens (primary N) is 1. The molecule has 0 rings (SSSR count). The SMILES string of the molecule is CCCCCCCCCCCCC(O)(C(=N)N)C(C)(C)CO. The first-order valence-electron chi connectivity index (χ1n) is 8.99. The van der Waals surface area contributed by atoms with Gasteiger partial charge in [-0.2, -0.15) is 0 Å². The number of unbranched alkanes of at least 4 members (excludes halogenated alkanes) is 9. The topological polar surface area (TPSA) is 90.3 Å². The molecule has 0 heterocycles. The lowest BCUT2D eigenvalue weighted by Crippen LogP contribution is -2.56. The maximum atomic E-state index is 10.6. The van der Waals surface area contributed by atoms with Gasteiger partial charge >= 0.3 is 0 Å². The zero-order valence-electron chi connectivity index (χ0n) is 15.0. The van der Waals surface area contributed by atoms with Gasteiger partial charge in [-0.05, 0) is 6.42 Å². The second-order valence-corrected chi connectivity index (χ2v) is 7.25. The van der Waals surface area contributed by atoms with E-state index in [-0.39, 0.29) is 12.4 Å². The Bertz CT molecular complexity index is 305. The summed E-state index contributed by atoms with van der Waals surface area (Å²) in [5, 5.41) is 27.7. The lowest BCUT2D eigenvalue weighted by molar-refractivity contribution is -0.0463. The Kier molecular flexibility index (Phi) is 10.7. The fourth-order valence-electron chi connectivity index (χ4n) is 2.84. The van der Waals surface area contributed by atoms with Crippen molar-refractivity contribution >= 4 is 5.84 Å². The molecule has 0 bridgehead atoms. The van der Waals surface area contributed by atoms with Crippen LogP contribution in [0.4, 0.5) is 0 Å². The minimum atomic E-state index is -1.40. The van der Waals surface area contributed by atoms with Gasteiger partial charge in [0.05, 0.1) is 6.61 Å². The Hall–Kier alpha value is -0.610. The van der Waals surface area contributed by atoms with Crippen molar-refractivity contribution in [2.24, 2.45) is 11.1 Å². The van der Waals surface area contributed by atoms with E-state index >= 15 is 0 Å². The normalized spacial score (nSPS) is 14.8. The van der Waals surface area contributed by atoms with Crippen LogP contribution in [0.25, 0.3) is 0 Å². The molecule has 0 aromatic carbocycles.